The first kappa shape index (κ1) is 11.2. The number of ether oxygens (including phenoxy) is 1. The van der Waals surface area contributed by atoms with Crippen molar-refractivity contribution in [1.29, 1.82) is 0 Å². The maximum atomic E-state index is 10.5. The summed E-state index contributed by atoms with van der Waals surface area (Å²) in [5.41, 5.74) is 0. The molecule has 2 rings (SSSR count). The predicted octanol–water partition coefficient (Wildman–Crippen LogP) is 4.07. The van der Waals surface area contributed by atoms with Crippen LogP contribution in [0.4, 0.5) is 0 Å². The highest BCUT2D eigenvalue weighted by molar-refractivity contribution is 7.98. The molecular weight excluding hydrogens is 240 g/mol. The van der Waals surface area contributed by atoms with Crippen molar-refractivity contribution < 1.29 is 9.53 Å². The second kappa shape index (κ2) is 5.18. The smallest absolute Gasteiger partial charge is 0.181 e. The summed E-state index contributed by atoms with van der Waals surface area (Å²) in [6.45, 7) is 0. The third-order valence-corrected chi connectivity index (χ3v) is 3.66. The van der Waals surface area contributed by atoms with Gasteiger partial charge in [-0.2, -0.15) is 0 Å². The van der Waals surface area contributed by atoms with E-state index in [1.54, 1.807) is 17.8 Å². The topological polar surface area (TPSA) is 26.3 Å². The molecule has 16 heavy (non-hydrogen) atoms. The van der Waals surface area contributed by atoms with Crippen LogP contribution in [0.3, 0.4) is 0 Å². The molecule has 1 heterocycles. The Kier molecular flexibility index (Phi) is 3.64. The molecule has 0 aliphatic carbocycles. The Bertz CT molecular complexity index is 491. The van der Waals surface area contributed by atoms with Crippen LogP contribution in [-0.2, 0) is 0 Å². The number of thioether (sulfide) groups is 1. The zero-order valence-corrected chi connectivity index (χ0v) is 10.3. The van der Waals surface area contributed by atoms with Crippen molar-refractivity contribution in [2.45, 2.75) is 4.90 Å². The average molecular weight is 250 g/mol. The van der Waals surface area contributed by atoms with E-state index in [1.807, 2.05) is 36.6 Å². The first-order chi connectivity index (χ1) is 7.83. The zero-order chi connectivity index (χ0) is 11.4. The van der Waals surface area contributed by atoms with E-state index in [2.05, 4.69) is 0 Å². The quantitative estimate of drug-likeness (QED) is 0.604. The van der Waals surface area contributed by atoms with E-state index in [9.17, 15) is 4.79 Å². The molecule has 0 saturated heterocycles. The first-order valence-corrected chi connectivity index (χ1v) is 6.73. The molecule has 0 bridgehead atoms. The van der Waals surface area contributed by atoms with Gasteiger partial charge >= 0.3 is 0 Å². The van der Waals surface area contributed by atoms with Crippen molar-refractivity contribution in [2.75, 3.05) is 6.26 Å². The molecule has 82 valence electrons. The lowest BCUT2D eigenvalue weighted by Crippen LogP contribution is -1.82. The van der Waals surface area contributed by atoms with Gasteiger partial charge in [-0.3, -0.25) is 4.79 Å². The molecule has 0 aliphatic heterocycles. The Labute approximate surface area is 102 Å². The van der Waals surface area contributed by atoms with E-state index in [1.165, 1.54) is 11.3 Å². The molecule has 1 aromatic carbocycles. The minimum atomic E-state index is 0.677. The highest BCUT2D eigenvalue weighted by Gasteiger charge is 2.05. The van der Waals surface area contributed by atoms with Crippen LogP contribution in [0.15, 0.2) is 41.3 Å². The van der Waals surface area contributed by atoms with Gasteiger partial charge in [0.25, 0.3) is 0 Å². The Morgan fingerprint density at radius 2 is 2.06 bits per heavy atom. The van der Waals surface area contributed by atoms with Gasteiger partial charge in [0.05, 0.1) is 4.88 Å². The van der Waals surface area contributed by atoms with Crippen molar-refractivity contribution in [3.05, 3.63) is 41.3 Å². The maximum absolute atomic E-state index is 10.5. The van der Waals surface area contributed by atoms with Crippen LogP contribution in [0, 0.1) is 0 Å². The number of benzene rings is 1. The van der Waals surface area contributed by atoms with Crippen LogP contribution in [0.2, 0.25) is 0 Å². The summed E-state index contributed by atoms with van der Waals surface area (Å²) < 4.78 is 5.72. The van der Waals surface area contributed by atoms with Crippen LogP contribution in [0.25, 0.3) is 0 Å². The molecule has 2 nitrogen and oxygen atoms in total. The van der Waals surface area contributed by atoms with E-state index in [0.29, 0.717) is 4.88 Å². The number of hydrogen-bond donors (Lipinski definition) is 0. The molecule has 0 N–H and O–H groups in total. The van der Waals surface area contributed by atoms with Crippen LogP contribution in [0.1, 0.15) is 9.67 Å². The van der Waals surface area contributed by atoms with Crippen molar-refractivity contribution in [2.24, 2.45) is 0 Å². The standard InChI is InChI=1S/C12H10O2S2/c1-15-11-5-3-2-4-10(11)14-12-7-6-9(8-13)16-12/h2-8H,1H3. The number of carbonyl (C=O) groups is 1. The van der Waals surface area contributed by atoms with E-state index in [0.717, 1.165) is 22.0 Å². The number of thiophene rings is 1. The normalized spacial score (nSPS) is 10.1. The van der Waals surface area contributed by atoms with Crippen molar-refractivity contribution >= 4 is 29.4 Å². The van der Waals surface area contributed by atoms with Crippen molar-refractivity contribution in [3.8, 4) is 10.8 Å². The van der Waals surface area contributed by atoms with Crippen LogP contribution < -0.4 is 4.74 Å². The number of aldehydes is 1. The minimum Gasteiger partial charge on any atom is -0.445 e. The van der Waals surface area contributed by atoms with Gasteiger partial charge in [0, 0.05) is 4.90 Å². The van der Waals surface area contributed by atoms with Gasteiger partial charge in [0.15, 0.2) is 11.3 Å². The lowest BCUT2D eigenvalue weighted by molar-refractivity contribution is 0.112. The summed E-state index contributed by atoms with van der Waals surface area (Å²) in [5.74, 6) is 0.828. The first-order valence-electron chi connectivity index (χ1n) is 4.69. The SMILES string of the molecule is CSc1ccccc1Oc1ccc(C=O)s1. The summed E-state index contributed by atoms with van der Waals surface area (Å²) in [7, 11) is 0. The van der Waals surface area contributed by atoms with Crippen LogP contribution in [-0.4, -0.2) is 12.5 Å². The molecule has 0 atom stereocenters. The third-order valence-electron chi connectivity index (χ3n) is 2.00. The lowest BCUT2D eigenvalue weighted by atomic mass is 10.3. The summed E-state index contributed by atoms with van der Waals surface area (Å²) in [6.07, 6.45) is 2.84. The highest BCUT2D eigenvalue weighted by Crippen LogP contribution is 2.34. The highest BCUT2D eigenvalue weighted by atomic mass is 32.2. The van der Waals surface area contributed by atoms with Gasteiger partial charge in [-0.1, -0.05) is 23.5 Å². The van der Waals surface area contributed by atoms with E-state index in [-0.39, 0.29) is 0 Å². The molecular formula is C12H10O2S2. The number of para-hydroxylation sites is 1. The molecule has 0 aliphatic rings. The second-order valence-electron chi connectivity index (χ2n) is 3.03. The van der Waals surface area contributed by atoms with E-state index >= 15 is 0 Å². The fraction of sp³-hybridized carbons (Fsp3) is 0.0833. The van der Waals surface area contributed by atoms with E-state index in [4.69, 9.17) is 4.74 Å². The molecule has 2 aromatic rings. The predicted molar refractivity (Wildman–Crippen MR) is 68.0 cm³/mol. The van der Waals surface area contributed by atoms with Crippen molar-refractivity contribution in [3.63, 3.8) is 0 Å². The largest absolute Gasteiger partial charge is 0.445 e. The van der Waals surface area contributed by atoms with Gasteiger partial charge in [-0.05, 0) is 30.5 Å². The molecule has 0 fully saturated rings. The lowest BCUT2D eigenvalue weighted by Gasteiger charge is -2.06. The van der Waals surface area contributed by atoms with E-state index < -0.39 is 0 Å². The maximum Gasteiger partial charge on any atom is 0.181 e. The zero-order valence-electron chi connectivity index (χ0n) is 8.67. The van der Waals surface area contributed by atoms with Crippen LogP contribution >= 0.6 is 23.1 Å². The van der Waals surface area contributed by atoms with Crippen LogP contribution in [0.5, 0.6) is 10.8 Å². The molecule has 0 spiro atoms. The molecule has 0 unspecified atom stereocenters. The third kappa shape index (κ3) is 2.46. The molecule has 0 amide bonds. The van der Waals surface area contributed by atoms with Gasteiger partial charge in [0.1, 0.15) is 5.75 Å². The molecule has 0 radical (unpaired) electrons. The van der Waals surface area contributed by atoms with Gasteiger partial charge in [-0.15, -0.1) is 11.8 Å². The van der Waals surface area contributed by atoms with Gasteiger partial charge in [-0.25, -0.2) is 0 Å². The fourth-order valence-corrected chi connectivity index (χ4v) is 2.47. The van der Waals surface area contributed by atoms with Gasteiger partial charge in [0.2, 0.25) is 0 Å². The Hall–Kier alpha value is -1.26. The second-order valence-corrected chi connectivity index (χ2v) is 4.95. The number of carbonyl (C=O) groups excluding carboxylic acids is 1. The summed E-state index contributed by atoms with van der Waals surface area (Å²) in [6, 6.07) is 11.4. The number of hydrogen-bond acceptors (Lipinski definition) is 4. The summed E-state index contributed by atoms with van der Waals surface area (Å²) in [5, 5.41) is 0.739. The molecule has 4 heteroatoms. The molecule has 0 saturated carbocycles. The van der Waals surface area contributed by atoms with Gasteiger partial charge < -0.3 is 4.74 Å². The summed E-state index contributed by atoms with van der Waals surface area (Å²) >= 11 is 2.98. The Morgan fingerprint density at radius 3 is 2.75 bits per heavy atom. The molecule has 1 aromatic heterocycles. The fourth-order valence-electron chi connectivity index (χ4n) is 1.26. The Morgan fingerprint density at radius 1 is 1.25 bits per heavy atom. The Balaban J connectivity index is 2.22. The summed E-state index contributed by atoms with van der Waals surface area (Å²) in [4.78, 5) is 12.3. The minimum absolute atomic E-state index is 0.677. The van der Waals surface area contributed by atoms with Crippen molar-refractivity contribution in [1.82, 2.24) is 0 Å². The monoisotopic (exact) mass is 250 g/mol. The average Bonchev–Trinajstić information content (AvgIpc) is 2.77. The number of rotatable bonds is 4.